The fraction of sp³-hybridized carbons (Fsp3) is 0.409. The minimum atomic E-state index is -0.0978. The number of benzene rings is 1. The number of likely N-dealkylation sites (N-methyl/N-ethyl adjacent to an activating group) is 1. The molecule has 6 nitrogen and oxygen atoms in total. The van der Waals surface area contributed by atoms with Gasteiger partial charge in [-0.15, -0.1) is 11.3 Å². The average molecular weight is 431 g/mol. The minimum Gasteiger partial charge on any atom is -0.450 e. The predicted molar refractivity (Wildman–Crippen MR) is 121 cm³/mol. The van der Waals surface area contributed by atoms with E-state index in [1.54, 1.807) is 12.3 Å². The van der Waals surface area contributed by atoms with Crippen LogP contribution in [0.2, 0.25) is 0 Å². The number of nitrogens with zero attached hydrogens (tertiary/aromatic N) is 3. The van der Waals surface area contributed by atoms with Gasteiger partial charge in [0.15, 0.2) is 0 Å². The summed E-state index contributed by atoms with van der Waals surface area (Å²) in [6.45, 7) is 4.26. The zero-order valence-electron chi connectivity index (χ0n) is 17.7. The van der Waals surface area contributed by atoms with Gasteiger partial charge in [-0.05, 0) is 57.1 Å². The number of methoxy groups -OCH3 is 1. The number of nitrogens with one attached hydrogen (secondary N) is 1. The summed E-state index contributed by atoms with van der Waals surface area (Å²) in [5.74, 6) is 2.75. The number of aryl methyl sites for hydroxylation is 1. The molecule has 0 bridgehead atoms. The van der Waals surface area contributed by atoms with Crippen molar-refractivity contribution >= 4 is 33.9 Å². The van der Waals surface area contributed by atoms with Crippen LogP contribution in [-0.2, 0) is 9.57 Å². The molecule has 2 aromatic rings. The van der Waals surface area contributed by atoms with Gasteiger partial charge in [-0.1, -0.05) is 6.07 Å². The van der Waals surface area contributed by atoms with E-state index in [0.717, 1.165) is 46.3 Å². The molecule has 0 radical (unpaired) electrons. The van der Waals surface area contributed by atoms with Gasteiger partial charge in [0.2, 0.25) is 0 Å². The summed E-state index contributed by atoms with van der Waals surface area (Å²) < 4.78 is 18.4. The molecule has 1 aromatic carbocycles. The van der Waals surface area contributed by atoms with E-state index in [-0.39, 0.29) is 5.82 Å². The molecule has 0 spiro atoms. The van der Waals surface area contributed by atoms with Crippen LogP contribution in [0.15, 0.2) is 29.3 Å². The molecule has 2 aliphatic heterocycles. The van der Waals surface area contributed by atoms with Gasteiger partial charge in [-0.2, -0.15) is 0 Å². The molecule has 1 N–H and O–H groups in total. The molecule has 8 heteroatoms. The van der Waals surface area contributed by atoms with Crippen molar-refractivity contribution in [3.8, 4) is 12.0 Å². The van der Waals surface area contributed by atoms with Crippen LogP contribution in [0.1, 0.15) is 16.9 Å². The Morgan fingerprint density at radius 1 is 1.37 bits per heavy atom. The molecule has 1 atom stereocenters. The molecule has 1 unspecified atom stereocenters. The average Bonchev–Trinajstić information content (AvgIpc) is 3.29. The second-order valence-corrected chi connectivity index (χ2v) is 8.34. The van der Waals surface area contributed by atoms with Crippen LogP contribution in [0.3, 0.4) is 0 Å². The molecule has 1 saturated heterocycles. The maximum atomic E-state index is 13.8. The number of ether oxygens (including phenoxy) is 1. The van der Waals surface area contributed by atoms with E-state index >= 15 is 0 Å². The van der Waals surface area contributed by atoms with E-state index in [9.17, 15) is 4.39 Å². The van der Waals surface area contributed by atoms with Crippen molar-refractivity contribution in [1.82, 2.24) is 4.90 Å². The second-order valence-electron chi connectivity index (χ2n) is 7.29. The number of hydrogen-bond acceptors (Lipinski definition) is 7. The summed E-state index contributed by atoms with van der Waals surface area (Å²) in [5, 5.41) is 0.874. The van der Waals surface area contributed by atoms with Gasteiger partial charge >= 0.3 is 0 Å². The zero-order valence-corrected chi connectivity index (χ0v) is 18.6. The largest absolute Gasteiger partial charge is 0.450 e. The maximum Gasteiger partial charge on any atom is 0.146 e. The molecule has 1 fully saturated rings. The zero-order chi connectivity index (χ0) is 21.5. The summed E-state index contributed by atoms with van der Waals surface area (Å²) in [6, 6.07) is 7.91. The van der Waals surface area contributed by atoms with Gasteiger partial charge in [-0.3, -0.25) is 15.3 Å². The number of aliphatic imine (C=N–C) groups is 1. The molecule has 30 heavy (non-hydrogen) atoms. The lowest BCUT2D eigenvalue weighted by atomic mass is 10.2. The van der Waals surface area contributed by atoms with E-state index in [1.807, 2.05) is 25.1 Å². The van der Waals surface area contributed by atoms with E-state index in [1.165, 1.54) is 18.4 Å². The Balaban J connectivity index is 0.000000172. The van der Waals surface area contributed by atoms with Gasteiger partial charge in [0, 0.05) is 25.3 Å². The van der Waals surface area contributed by atoms with Gasteiger partial charge in [0.05, 0.1) is 17.7 Å². The highest BCUT2D eigenvalue weighted by Gasteiger charge is 2.25. The minimum absolute atomic E-state index is 0.0978. The number of halogens is 1. The lowest BCUT2D eigenvalue weighted by molar-refractivity contribution is 0.245. The van der Waals surface area contributed by atoms with E-state index < -0.39 is 0 Å². The summed E-state index contributed by atoms with van der Waals surface area (Å²) in [5.41, 5.74) is 5.38. The summed E-state index contributed by atoms with van der Waals surface area (Å²) in [4.78, 5) is 14.5. The Labute approximate surface area is 181 Å². The maximum absolute atomic E-state index is 13.8. The summed E-state index contributed by atoms with van der Waals surface area (Å²) in [7, 11) is 5.70. The third kappa shape index (κ3) is 5.72. The monoisotopic (exact) mass is 430 g/mol. The van der Waals surface area contributed by atoms with Gasteiger partial charge in [-0.25, -0.2) is 4.39 Å². The second kappa shape index (κ2) is 10.4. The standard InChI is InChI=1S/C13H19FN2.C9H8N2O2S/c1-10-4-5-13(12(14)8-10)16-7-6-11(9-16)15(2)3;1-12-4-2-7-6-8-9(14-7)11-13-5-3-10-8/h4-5,8,11H,6-7,9H2,1-3H3;3,6,11H,5H2,1H3. The number of fused-ring (bicyclic) bond motifs is 1. The van der Waals surface area contributed by atoms with Gasteiger partial charge < -0.3 is 14.5 Å². The summed E-state index contributed by atoms with van der Waals surface area (Å²) in [6.07, 6.45) is 5.35. The third-order valence-electron chi connectivity index (χ3n) is 4.88. The summed E-state index contributed by atoms with van der Waals surface area (Å²) >= 11 is 1.49. The van der Waals surface area contributed by atoms with E-state index in [0.29, 0.717) is 12.6 Å². The number of hydrogen-bond donors (Lipinski definition) is 1. The van der Waals surface area contributed by atoms with Gasteiger partial charge in [0.25, 0.3) is 0 Å². The molecule has 0 saturated carbocycles. The normalized spacial score (nSPS) is 17.3. The van der Waals surface area contributed by atoms with Crippen LogP contribution >= 0.6 is 11.3 Å². The van der Waals surface area contributed by atoms with Crippen molar-refractivity contribution in [2.75, 3.05) is 51.3 Å². The highest BCUT2D eigenvalue weighted by Crippen LogP contribution is 2.35. The Morgan fingerprint density at radius 3 is 2.90 bits per heavy atom. The lowest BCUT2D eigenvalue weighted by Crippen LogP contribution is -2.31. The van der Waals surface area contributed by atoms with E-state index in [4.69, 9.17) is 4.84 Å². The van der Waals surface area contributed by atoms with Crippen LogP contribution in [0, 0.1) is 24.8 Å². The Kier molecular flexibility index (Phi) is 7.69. The van der Waals surface area contributed by atoms with E-state index in [2.05, 4.69) is 51.1 Å². The molecule has 4 rings (SSSR count). The predicted octanol–water partition coefficient (Wildman–Crippen LogP) is 4.04. The highest BCUT2D eigenvalue weighted by atomic mass is 32.1. The molecule has 160 valence electrons. The lowest BCUT2D eigenvalue weighted by Gasteiger charge is -2.22. The Morgan fingerprint density at radius 2 is 2.20 bits per heavy atom. The first-order valence-corrected chi connectivity index (χ1v) is 10.5. The van der Waals surface area contributed by atoms with Crippen molar-refractivity contribution in [3.05, 3.63) is 40.5 Å². The van der Waals surface area contributed by atoms with Crippen LogP contribution < -0.4 is 10.4 Å². The molecular formula is C22H27FN4O2S. The van der Waals surface area contributed by atoms with Crippen LogP contribution in [0.4, 0.5) is 20.8 Å². The van der Waals surface area contributed by atoms with Crippen molar-refractivity contribution in [3.63, 3.8) is 0 Å². The Bertz CT molecular complexity index is 948. The molecule has 0 amide bonds. The van der Waals surface area contributed by atoms with Crippen molar-refractivity contribution < 1.29 is 14.0 Å². The molecule has 2 aliphatic rings. The fourth-order valence-electron chi connectivity index (χ4n) is 3.24. The van der Waals surface area contributed by atoms with Crippen LogP contribution in [0.5, 0.6) is 0 Å². The number of thiophene rings is 1. The first-order chi connectivity index (χ1) is 14.5. The van der Waals surface area contributed by atoms with Crippen molar-refractivity contribution in [2.24, 2.45) is 4.99 Å². The first-order valence-electron chi connectivity index (χ1n) is 9.73. The quantitative estimate of drug-likeness (QED) is 0.729. The highest BCUT2D eigenvalue weighted by molar-refractivity contribution is 7.17. The van der Waals surface area contributed by atoms with Crippen LogP contribution in [-0.4, -0.2) is 58.1 Å². The number of rotatable bonds is 2. The number of anilines is 2. The molecule has 3 heterocycles. The smallest absolute Gasteiger partial charge is 0.146 e. The first kappa shape index (κ1) is 22.1. The fourth-order valence-corrected chi connectivity index (χ4v) is 4.04. The van der Waals surface area contributed by atoms with Crippen LogP contribution in [0.25, 0.3) is 0 Å². The topological polar surface area (TPSA) is 49.3 Å². The third-order valence-corrected chi connectivity index (χ3v) is 5.82. The Hall–Kier alpha value is -2.60. The van der Waals surface area contributed by atoms with Gasteiger partial charge in [0.1, 0.15) is 29.2 Å². The SMILES string of the molecule is COC#Cc1cc2c(s1)NOCC=N2.Cc1ccc(N2CCC(N(C)C)C2)c(F)c1. The molecule has 1 aromatic heterocycles. The van der Waals surface area contributed by atoms with Crippen molar-refractivity contribution in [2.45, 2.75) is 19.4 Å². The molecule has 0 aliphatic carbocycles. The van der Waals surface area contributed by atoms with Crippen molar-refractivity contribution in [1.29, 1.82) is 0 Å². The molecular weight excluding hydrogens is 403 g/mol.